The van der Waals surface area contributed by atoms with Gasteiger partial charge < -0.3 is 9.64 Å². The molecule has 1 aliphatic heterocycles. The highest BCUT2D eigenvalue weighted by atomic mass is 35.5. The van der Waals surface area contributed by atoms with E-state index >= 15 is 0 Å². The number of halogens is 1. The van der Waals surface area contributed by atoms with E-state index in [1.54, 1.807) is 7.11 Å². The number of hydrogen-bond donors (Lipinski definition) is 0. The van der Waals surface area contributed by atoms with Crippen LogP contribution in [-0.2, 0) is 17.6 Å². The molecule has 1 heterocycles. The molecule has 0 radical (unpaired) electrons. The van der Waals surface area contributed by atoms with Crippen molar-refractivity contribution in [2.75, 3.05) is 26.1 Å². The van der Waals surface area contributed by atoms with Crippen LogP contribution in [0.1, 0.15) is 11.1 Å². The summed E-state index contributed by atoms with van der Waals surface area (Å²) in [5.74, 6) is 0.965. The van der Waals surface area contributed by atoms with Crippen LogP contribution in [-0.4, -0.2) is 36.9 Å². The standard InChI is InChI=1S/C13H16ClNO2/c1-17-12-3-2-10-4-6-15(13(16)9-14)7-5-11(10)8-12/h2-3,8H,4-7,9H2,1H3. The number of alkyl halides is 1. The molecule has 4 heteroatoms. The molecule has 2 rings (SSSR count). The third-order valence-electron chi connectivity index (χ3n) is 3.18. The Hall–Kier alpha value is -1.22. The van der Waals surface area contributed by atoms with Gasteiger partial charge in [-0.3, -0.25) is 4.79 Å². The van der Waals surface area contributed by atoms with Crippen molar-refractivity contribution in [1.29, 1.82) is 0 Å². The van der Waals surface area contributed by atoms with Crippen LogP contribution in [0.15, 0.2) is 18.2 Å². The monoisotopic (exact) mass is 253 g/mol. The van der Waals surface area contributed by atoms with Gasteiger partial charge in [0.2, 0.25) is 5.91 Å². The maximum atomic E-state index is 11.6. The molecule has 0 aliphatic carbocycles. The van der Waals surface area contributed by atoms with Crippen molar-refractivity contribution in [2.45, 2.75) is 12.8 Å². The van der Waals surface area contributed by atoms with Crippen LogP contribution in [0.4, 0.5) is 0 Å². The molecule has 0 unspecified atom stereocenters. The van der Waals surface area contributed by atoms with Crippen LogP contribution in [0.2, 0.25) is 0 Å². The number of hydrogen-bond acceptors (Lipinski definition) is 2. The molecule has 17 heavy (non-hydrogen) atoms. The first-order valence-corrected chi connectivity index (χ1v) is 6.27. The average Bonchev–Trinajstić information content (AvgIpc) is 2.59. The van der Waals surface area contributed by atoms with Crippen molar-refractivity contribution in [3.63, 3.8) is 0 Å². The van der Waals surface area contributed by atoms with Gasteiger partial charge in [0.1, 0.15) is 11.6 Å². The second-order valence-corrected chi connectivity index (χ2v) is 4.42. The molecule has 0 bridgehead atoms. The summed E-state index contributed by atoms with van der Waals surface area (Å²) in [5.41, 5.74) is 2.57. The molecule has 0 N–H and O–H groups in total. The minimum absolute atomic E-state index is 0.0198. The van der Waals surface area contributed by atoms with Gasteiger partial charge in [-0.2, -0.15) is 0 Å². The van der Waals surface area contributed by atoms with Crippen molar-refractivity contribution in [3.05, 3.63) is 29.3 Å². The molecule has 0 atom stereocenters. The molecule has 0 aromatic heterocycles. The highest BCUT2D eigenvalue weighted by molar-refractivity contribution is 6.27. The number of carbonyl (C=O) groups is 1. The number of fused-ring (bicyclic) bond motifs is 1. The Balaban J connectivity index is 2.15. The fourth-order valence-electron chi connectivity index (χ4n) is 2.16. The quantitative estimate of drug-likeness (QED) is 0.753. The summed E-state index contributed by atoms with van der Waals surface area (Å²) < 4.78 is 5.21. The molecule has 1 aliphatic rings. The Labute approximate surface area is 106 Å². The normalized spacial score (nSPS) is 15.1. The summed E-state index contributed by atoms with van der Waals surface area (Å²) in [7, 11) is 1.67. The lowest BCUT2D eigenvalue weighted by molar-refractivity contribution is -0.128. The zero-order valence-corrected chi connectivity index (χ0v) is 10.7. The van der Waals surface area contributed by atoms with Crippen LogP contribution in [0, 0.1) is 0 Å². The summed E-state index contributed by atoms with van der Waals surface area (Å²) in [6.45, 7) is 1.50. The Morgan fingerprint density at radius 1 is 1.35 bits per heavy atom. The first-order valence-electron chi connectivity index (χ1n) is 5.74. The van der Waals surface area contributed by atoms with Crippen LogP contribution < -0.4 is 4.74 Å². The second-order valence-electron chi connectivity index (χ2n) is 4.15. The number of nitrogens with zero attached hydrogens (tertiary/aromatic N) is 1. The Morgan fingerprint density at radius 3 is 2.71 bits per heavy atom. The van der Waals surface area contributed by atoms with Gasteiger partial charge in [0.15, 0.2) is 0 Å². The number of rotatable bonds is 2. The molecule has 3 nitrogen and oxygen atoms in total. The molecule has 1 amide bonds. The summed E-state index contributed by atoms with van der Waals surface area (Å²) in [6.07, 6.45) is 1.76. The highest BCUT2D eigenvalue weighted by Crippen LogP contribution is 2.21. The summed E-state index contributed by atoms with van der Waals surface area (Å²) in [6, 6.07) is 6.12. The fourth-order valence-corrected chi connectivity index (χ4v) is 2.33. The van der Waals surface area contributed by atoms with E-state index in [0.717, 1.165) is 31.7 Å². The van der Waals surface area contributed by atoms with Crippen LogP contribution in [0.25, 0.3) is 0 Å². The Kier molecular flexibility index (Phi) is 3.89. The topological polar surface area (TPSA) is 29.5 Å². The largest absolute Gasteiger partial charge is 0.497 e. The van der Waals surface area contributed by atoms with Gasteiger partial charge in [-0.15, -0.1) is 11.6 Å². The zero-order valence-electron chi connectivity index (χ0n) is 9.91. The molecule has 0 fully saturated rings. The molecule has 1 aromatic carbocycles. The maximum Gasteiger partial charge on any atom is 0.237 e. The Bertz CT molecular complexity index is 420. The number of benzene rings is 1. The van der Waals surface area contributed by atoms with E-state index in [-0.39, 0.29) is 11.8 Å². The van der Waals surface area contributed by atoms with E-state index < -0.39 is 0 Å². The average molecular weight is 254 g/mol. The molecular formula is C13H16ClNO2. The number of ether oxygens (including phenoxy) is 1. The van der Waals surface area contributed by atoms with Crippen molar-refractivity contribution in [1.82, 2.24) is 4.90 Å². The second kappa shape index (κ2) is 5.41. The van der Waals surface area contributed by atoms with Gasteiger partial charge in [-0.1, -0.05) is 6.07 Å². The Morgan fingerprint density at radius 2 is 2.06 bits per heavy atom. The van der Waals surface area contributed by atoms with Crippen LogP contribution in [0.3, 0.4) is 0 Å². The minimum atomic E-state index is 0.0198. The number of amides is 1. The number of methoxy groups -OCH3 is 1. The molecule has 92 valence electrons. The van der Waals surface area contributed by atoms with Crippen molar-refractivity contribution in [2.24, 2.45) is 0 Å². The van der Waals surface area contributed by atoms with Crippen molar-refractivity contribution < 1.29 is 9.53 Å². The summed E-state index contributed by atoms with van der Waals surface area (Å²) >= 11 is 5.59. The van der Waals surface area contributed by atoms with Gasteiger partial charge in [-0.25, -0.2) is 0 Å². The van der Waals surface area contributed by atoms with Gasteiger partial charge >= 0.3 is 0 Å². The molecule has 1 aromatic rings. The third-order valence-corrected chi connectivity index (χ3v) is 3.41. The third kappa shape index (κ3) is 2.72. The smallest absolute Gasteiger partial charge is 0.237 e. The first kappa shape index (κ1) is 12.2. The SMILES string of the molecule is COc1ccc2c(c1)CCN(C(=O)CCl)CC2. The van der Waals surface area contributed by atoms with Crippen LogP contribution in [0.5, 0.6) is 5.75 Å². The lowest BCUT2D eigenvalue weighted by atomic mass is 10.0. The van der Waals surface area contributed by atoms with Gasteiger partial charge in [0, 0.05) is 13.1 Å². The maximum absolute atomic E-state index is 11.6. The van der Waals surface area contributed by atoms with Crippen LogP contribution >= 0.6 is 11.6 Å². The lowest BCUT2D eigenvalue weighted by Gasteiger charge is -2.18. The lowest BCUT2D eigenvalue weighted by Crippen LogP contribution is -2.34. The zero-order chi connectivity index (χ0) is 12.3. The van der Waals surface area contributed by atoms with Crippen molar-refractivity contribution in [3.8, 4) is 5.75 Å². The van der Waals surface area contributed by atoms with Crippen molar-refractivity contribution >= 4 is 17.5 Å². The molecular weight excluding hydrogens is 238 g/mol. The van der Waals surface area contributed by atoms with Gasteiger partial charge in [0.25, 0.3) is 0 Å². The van der Waals surface area contributed by atoms with E-state index in [0.29, 0.717) is 0 Å². The fraction of sp³-hybridized carbons (Fsp3) is 0.462. The number of carbonyl (C=O) groups excluding carboxylic acids is 1. The minimum Gasteiger partial charge on any atom is -0.497 e. The van der Waals surface area contributed by atoms with E-state index in [1.165, 1.54) is 11.1 Å². The van der Waals surface area contributed by atoms with E-state index in [1.807, 2.05) is 11.0 Å². The van der Waals surface area contributed by atoms with Gasteiger partial charge in [0.05, 0.1) is 7.11 Å². The molecule has 0 saturated carbocycles. The predicted molar refractivity (Wildman–Crippen MR) is 67.7 cm³/mol. The van der Waals surface area contributed by atoms with E-state index in [4.69, 9.17) is 16.3 Å². The summed E-state index contributed by atoms with van der Waals surface area (Å²) in [5, 5.41) is 0. The first-order chi connectivity index (χ1) is 8.24. The molecule has 0 saturated heterocycles. The highest BCUT2D eigenvalue weighted by Gasteiger charge is 2.17. The van der Waals surface area contributed by atoms with E-state index in [9.17, 15) is 4.79 Å². The van der Waals surface area contributed by atoms with E-state index in [2.05, 4.69) is 12.1 Å². The van der Waals surface area contributed by atoms with Gasteiger partial charge in [-0.05, 0) is 36.1 Å². The summed E-state index contributed by atoms with van der Waals surface area (Å²) in [4.78, 5) is 13.4. The molecule has 0 spiro atoms. The predicted octanol–water partition coefficient (Wildman–Crippen LogP) is 1.86.